The molecule has 2 atom stereocenters. The number of carbonyl (C=O) groups is 2. The number of hydrogen-bond donors (Lipinski definition) is 3. The molecule has 6 nitrogen and oxygen atoms in total. The third kappa shape index (κ3) is 7.75. The van der Waals surface area contributed by atoms with Gasteiger partial charge in [-0.2, -0.15) is 0 Å². The van der Waals surface area contributed by atoms with E-state index in [9.17, 15) is 9.59 Å². The van der Waals surface area contributed by atoms with Crippen LogP contribution in [-0.4, -0.2) is 42.9 Å². The summed E-state index contributed by atoms with van der Waals surface area (Å²) in [5.41, 5.74) is 0. The first kappa shape index (κ1) is 13.7. The first-order chi connectivity index (χ1) is 6.95. The van der Waals surface area contributed by atoms with Crippen molar-refractivity contribution in [3.8, 4) is 0 Å². The van der Waals surface area contributed by atoms with E-state index in [0.29, 0.717) is 6.54 Å². The fourth-order valence-corrected chi connectivity index (χ4v) is 0.908. The number of methoxy groups -OCH3 is 1. The summed E-state index contributed by atoms with van der Waals surface area (Å²) in [6, 6.07) is -0.770. The maximum Gasteiger partial charge on any atom is 0.315 e. The molecule has 15 heavy (non-hydrogen) atoms. The normalized spacial score (nSPS) is 14.1. The zero-order chi connectivity index (χ0) is 11.8. The van der Waals surface area contributed by atoms with Crippen LogP contribution in [0.15, 0.2) is 0 Å². The Bertz CT molecular complexity index is 220. The number of urea groups is 1. The van der Waals surface area contributed by atoms with E-state index >= 15 is 0 Å². The zero-order valence-electron chi connectivity index (χ0n) is 9.24. The van der Waals surface area contributed by atoms with Crippen LogP contribution in [0.3, 0.4) is 0 Å². The number of hydrogen-bond acceptors (Lipinski definition) is 3. The highest BCUT2D eigenvalue weighted by molar-refractivity contribution is 5.75. The van der Waals surface area contributed by atoms with Gasteiger partial charge in [0.25, 0.3) is 0 Å². The molecule has 0 aromatic heterocycles. The van der Waals surface area contributed by atoms with Crippen LogP contribution >= 0.6 is 0 Å². The Morgan fingerprint density at radius 2 is 2.00 bits per heavy atom. The van der Waals surface area contributed by atoms with Gasteiger partial charge in [0.15, 0.2) is 0 Å². The Labute approximate surface area is 89.0 Å². The molecule has 2 unspecified atom stereocenters. The van der Waals surface area contributed by atoms with Crippen molar-refractivity contribution in [2.75, 3.05) is 13.7 Å². The number of aliphatic carboxylic acids is 1. The largest absolute Gasteiger partial charge is 0.481 e. The highest BCUT2D eigenvalue weighted by Crippen LogP contribution is 1.90. The summed E-state index contributed by atoms with van der Waals surface area (Å²) in [7, 11) is 1.55. The van der Waals surface area contributed by atoms with Gasteiger partial charge in [0.1, 0.15) is 0 Å². The fraction of sp³-hybridized carbons (Fsp3) is 0.778. The van der Waals surface area contributed by atoms with E-state index in [0.717, 1.165) is 0 Å². The molecule has 0 aliphatic carbocycles. The van der Waals surface area contributed by atoms with Crippen LogP contribution in [0.4, 0.5) is 4.79 Å². The Balaban J connectivity index is 3.69. The SMILES string of the molecule is COC(C)CNC(=O)NC(C)CC(=O)O. The molecule has 0 spiro atoms. The van der Waals surface area contributed by atoms with E-state index in [1.54, 1.807) is 14.0 Å². The molecule has 88 valence electrons. The van der Waals surface area contributed by atoms with E-state index in [1.807, 2.05) is 6.92 Å². The van der Waals surface area contributed by atoms with Gasteiger partial charge in [0.2, 0.25) is 0 Å². The van der Waals surface area contributed by atoms with Crippen molar-refractivity contribution in [3.05, 3.63) is 0 Å². The average molecular weight is 218 g/mol. The van der Waals surface area contributed by atoms with E-state index in [4.69, 9.17) is 9.84 Å². The van der Waals surface area contributed by atoms with Gasteiger partial charge in [-0.1, -0.05) is 0 Å². The van der Waals surface area contributed by atoms with Gasteiger partial charge in [-0.15, -0.1) is 0 Å². The summed E-state index contributed by atoms with van der Waals surface area (Å²) >= 11 is 0. The Morgan fingerprint density at radius 1 is 1.40 bits per heavy atom. The van der Waals surface area contributed by atoms with Gasteiger partial charge in [0.05, 0.1) is 12.5 Å². The van der Waals surface area contributed by atoms with Crippen molar-refractivity contribution in [2.24, 2.45) is 0 Å². The van der Waals surface area contributed by atoms with Crippen molar-refractivity contribution >= 4 is 12.0 Å². The Kier molecular flexibility index (Phi) is 6.44. The van der Waals surface area contributed by atoms with Gasteiger partial charge in [-0.25, -0.2) is 4.79 Å². The molecule has 2 amide bonds. The van der Waals surface area contributed by atoms with Crippen molar-refractivity contribution in [3.63, 3.8) is 0 Å². The lowest BCUT2D eigenvalue weighted by molar-refractivity contribution is -0.137. The highest BCUT2D eigenvalue weighted by atomic mass is 16.5. The number of carboxylic acid groups (broad SMARTS) is 1. The minimum Gasteiger partial charge on any atom is -0.481 e. The molecule has 0 radical (unpaired) electrons. The maximum absolute atomic E-state index is 11.2. The predicted molar refractivity (Wildman–Crippen MR) is 54.7 cm³/mol. The minimum absolute atomic E-state index is 0.0643. The molecule has 0 fully saturated rings. The van der Waals surface area contributed by atoms with Crippen molar-refractivity contribution in [1.82, 2.24) is 10.6 Å². The summed E-state index contributed by atoms with van der Waals surface area (Å²) < 4.78 is 4.93. The third-order valence-corrected chi connectivity index (χ3v) is 1.81. The summed E-state index contributed by atoms with van der Waals surface area (Å²) in [6.07, 6.45) is -0.154. The quantitative estimate of drug-likeness (QED) is 0.593. The number of ether oxygens (including phenoxy) is 1. The molecule has 0 aromatic rings. The second kappa shape index (κ2) is 7.05. The molecule has 0 rings (SSSR count). The van der Waals surface area contributed by atoms with Gasteiger partial charge < -0.3 is 20.5 Å². The number of amides is 2. The zero-order valence-corrected chi connectivity index (χ0v) is 9.24. The second-order valence-electron chi connectivity index (χ2n) is 3.40. The van der Waals surface area contributed by atoms with Crippen molar-refractivity contribution in [1.29, 1.82) is 0 Å². The molecular weight excluding hydrogens is 200 g/mol. The molecular formula is C9H18N2O4. The lowest BCUT2D eigenvalue weighted by Gasteiger charge is -2.14. The van der Waals surface area contributed by atoms with Crippen molar-refractivity contribution < 1.29 is 19.4 Å². The number of carboxylic acids is 1. The molecule has 0 aromatic carbocycles. The first-order valence-corrected chi connectivity index (χ1v) is 4.74. The molecule has 0 saturated heterocycles. The minimum atomic E-state index is -0.937. The van der Waals surface area contributed by atoms with E-state index in [2.05, 4.69) is 10.6 Å². The van der Waals surface area contributed by atoms with Crippen LogP contribution in [0.2, 0.25) is 0 Å². The van der Waals surface area contributed by atoms with Crippen LogP contribution in [0, 0.1) is 0 Å². The van der Waals surface area contributed by atoms with Gasteiger partial charge >= 0.3 is 12.0 Å². The van der Waals surface area contributed by atoms with Crippen LogP contribution < -0.4 is 10.6 Å². The lowest BCUT2D eigenvalue weighted by Crippen LogP contribution is -2.43. The number of carbonyl (C=O) groups excluding carboxylic acids is 1. The topological polar surface area (TPSA) is 87.7 Å². The predicted octanol–water partition coefficient (Wildman–Crippen LogP) is 0.184. The third-order valence-electron chi connectivity index (χ3n) is 1.81. The smallest absolute Gasteiger partial charge is 0.315 e. The van der Waals surface area contributed by atoms with E-state index < -0.39 is 5.97 Å². The number of rotatable bonds is 6. The molecule has 0 aliphatic rings. The van der Waals surface area contributed by atoms with Crippen LogP contribution in [0.25, 0.3) is 0 Å². The van der Waals surface area contributed by atoms with Crippen LogP contribution in [0.5, 0.6) is 0 Å². The fourth-order valence-electron chi connectivity index (χ4n) is 0.908. The molecule has 0 bridgehead atoms. The lowest BCUT2D eigenvalue weighted by atomic mass is 10.2. The first-order valence-electron chi connectivity index (χ1n) is 4.74. The summed E-state index contributed by atoms with van der Waals surface area (Å²) in [6.45, 7) is 3.84. The van der Waals surface area contributed by atoms with Gasteiger partial charge in [0, 0.05) is 19.7 Å². The summed E-state index contributed by atoms with van der Waals surface area (Å²) in [4.78, 5) is 21.5. The molecule has 3 N–H and O–H groups in total. The second-order valence-corrected chi connectivity index (χ2v) is 3.40. The van der Waals surface area contributed by atoms with Crippen LogP contribution in [-0.2, 0) is 9.53 Å². The Morgan fingerprint density at radius 3 is 2.47 bits per heavy atom. The van der Waals surface area contributed by atoms with Crippen LogP contribution in [0.1, 0.15) is 20.3 Å². The molecule has 6 heteroatoms. The maximum atomic E-state index is 11.2. The highest BCUT2D eigenvalue weighted by Gasteiger charge is 2.10. The number of nitrogens with one attached hydrogen (secondary N) is 2. The van der Waals surface area contributed by atoms with Crippen molar-refractivity contribution in [2.45, 2.75) is 32.4 Å². The van der Waals surface area contributed by atoms with Gasteiger partial charge in [-0.05, 0) is 13.8 Å². The average Bonchev–Trinajstić information content (AvgIpc) is 2.12. The summed E-state index contributed by atoms with van der Waals surface area (Å²) in [5, 5.41) is 13.5. The summed E-state index contributed by atoms with van der Waals surface area (Å²) in [5.74, 6) is -0.937. The van der Waals surface area contributed by atoms with E-state index in [1.165, 1.54) is 0 Å². The Hall–Kier alpha value is -1.30. The van der Waals surface area contributed by atoms with E-state index in [-0.39, 0.29) is 24.6 Å². The molecule has 0 saturated carbocycles. The monoisotopic (exact) mass is 218 g/mol. The standard InChI is InChI=1S/C9H18N2O4/c1-6(4-8(12)13)11-9(14)10-5-7(2)15-3/h6-7H,4-5H2,1-3H3,(H,12,13)(H2,10,11,14). The van der Waals surface area contributed by atoms with Gasteiger partial charge in [-0.3, -0.25) is 4.79 Å². The molecule has 0 heterocycles. The molecule has 0 aliphatic heterocycles.